The molecule has 0 radical (unpaired) electrons. The summed E-state index contributed by atoms with van der Waals surface area (Å²) in [6.45, 7) is 10.4. The fraction of sp³-hybridized carbons (Fsp3) is 0.821. The Balaban J connectivity index is 1.09. The zero-order valence-corrected chi connectivity index (χ0v) is 50.8. The van der Waals surface area contributed by atoms with Crippen LogP contribution < -0.4 is 20.7 Å². The van der Waals surface area contributed by atoms with Gasteiger partial charge in [-0.2, -0.15) is 0 Å². The summed E-state index contributed by atoms with van der Waals surface area (Å²) in [4.78, 5) is 49.5. The molecule has 12 N–H and O–H groups in total. The van der Waals surface area contributed by atoms with Gasteiger partial charge in [0.1, 0.15) is 78.9 Å². The van der Waals surface area contributed by atoms with Crippen molar-refractivity contribution in [2.24, 2.45) is 0 Å². The third kappa shape index (κ3) is 27.0. The number of carbonyl (C=O) groups excluding carboxylic acids is 4. The molecule has 3 saturated heterocycles. The number of hydrogen-bond acceptors (Lipinski definition) is 29. The Bertz CT molecular complexity index is 2110. The Morgan fingerprint density at radius 1 is 0.523 bits per heavy atom. The van der Waals surface area contributed by atoms with Gasteiger partial charge in [-0.15, -0.1) is 0 Å². The minimum absolute atomic E-state index is 0.0748. The van der Waals surface area contributed by atoms with Crippen molar-refractivity contribution in [1.29, 1.82) is 0 Å². The fourth-order valence-electron chi connectivity index (χ4n) is 8.77. The van der Waals surface area contributed by atoms with E-state index in [1.54, 1.807) is 12.1 Å². The number of aliphatic hydroxyl groups excluding tert-OH is 9. The highest BCUT2D eigenvalue weighted by Gasteiger charge is 2.54. The van der Waals surface area contributed by atoms with Gasteiger partial charge in [0.05, 0.1) is 146 Å². The second kappa shape index (κ2) is 42.2. The van der Waals surface area contributed by atoms with Crippen molar-refractivity contribution < 1.29 is 141 Å². The molecule has 88 heavy (non-hydrogen) atoms. The lowest BCUT2D eigenvalue weighted by molar-refractivity contribution is -0.376. The molecule has 4 rings (SSSR count). The van der Waals surface area contributed by atoms with Crippen molar-refractivity contribution in [1.82, 2.24) is 16.0 Å². The van der Waals surface area contributed by atoms with Crippen molar-refractivity contribution >= 4 is 23.7 Å². The lowest BCUT2D eigenvalue weighted by Gasteiger charge is -2.48. The van der Waals surface area contributed by atoms with Crippen molar-refractivity contribution in [2.75, 3.05) is 159 Å². The maximum absolute atomic E-state index is 13.2. The lowest BCUT2D eigenvalue weighted by atomic mass is 9.86. The van der Waals surface area contributed by atoms with Gasteiger partial charge in [0.15, 0.2) is 25.5 Å². The normalized spacial score (nSPS) is 27.4. The minimum atomic E-state index is -1.99. The van der Waals surface area contributed by atoms with Crippen LogP contribution in [0.15, 0.2) is 18.2 Å². The first-order valence-corrected chi connectivity index (χ1v) is 29.3. The van der Waals surface area contributed by atoms with Crippen LogP contribution in [0.3, 0.4) is 0 Å². The van der Waals surface area contributed by atoms with E-state index in [2.05, 4.69) is 20.7 Å². The summed E-state index contributed by atoms with van der Waals surface area (Å²) < 4.78 is 88.4. The molecule has 1 aromatic rings. The maximum Gasteiger partial charge on any atom is 0.307 e. The Hall–Kier alpha value is -4.02. The second-order valence-electron chi connectivity index (χ2n) is 21.4. The molecule has 0 bridgehead atoms. The summed E-state index contributed by atoms with van der Waals surface area (Å²) in [7, 11) is 1.33. The van der Waals surface area contributed by atoms with Crippen molar-refractivity contribution in [2.45, 2.75) is 138 Å². The lowest BCUT2D eigenvalue weighted by Crippen LogP contribution is -2.68. The molecule has 32 heteroatoms. The van der Waals surface area contributed by atoms with E-state index in [9.17, 15) is 65.1 Å². The van der Waals surface area contributed by atoms with Crippen molar-refractivity contribution in [3.05, 3.63) is 29.3 Å². The van der Waals surface area contributed by atoms with Crippen LogP contribution in [0.25, 0.3) is 0 Å². The number of ether oxygens (including phenoxy) is 16. The van der Waals surface area contributed by atoms with Gasteiger partial charge in [-0.05, 0) is 35.6 Å². The van der Waals surface area contributed by atoms with Crippen LogP contribution in [0, 0.1) is 0 Å². The molecule has 3 heterocycles. The summed E-state index contributed by atoms with van der Waals surface area (Å²) in [6, 6.07) is 3.66. The second-order valence-corrected chi connectivity index (χ2v) is 21.4. The molecule has 3 aliphatic heterocycles. The number of aliphatic hydroxyl groups is 9. The Morgan fingerprint density at radius 3 is 1.52 bits per heavy atom. The standard InChI is InChI=1S/C56H95N3O29/c1-34(63)59-43-46(68)50(87-55-49(71)51(45(67)39(31-61)85-55)88-54-48(70)47(69)44(66)38(30-60)84-54)40(32-62)86-53(43)82-10-6-8-57-41(64)33-83-37-28-35(27-36(29-37)56(2,3)4)52(72)58-9-12-75-14-16-77-18-20-79-22-24-81-26-25-80-23-21-78-19-17-76-15-13-74-11-7-42(65)73-5/h27-29,38-40,43-51,53-55,60-62,66-71H,6-26,30-33H2,1-5H3,(H,57,64)(H,58,72)(H,59,63)/t38-,39-,40-,43-,44+,45+,46-,47+,48-,49-,50-,51+,53-,54-,55+/m1/s1. The number of carbonyl (C=O) groups is 4. The highest BCUT2D eigenvalue weighted by Crippen LogP contribution is 2.33. The summed E-state index contributed by atoms with van der Waals surface area (Å²) >= 11 is 0. The van der Waals surface area contributed by atoms with Crippen molar-refractivity contribution in [3.63, 3.8) is 0 Å². The van der Waals surface area contributed by atoms with Crippen LogP contribution in [-0.2, 0) is 90.9 Å². The fourth-order valence-corrected chi connectivity index (χ4v) is 8.77. The Labute approximate surface area is 511 Å². The Morgan fingerprint density at radius 2 is 1.01 bits per heavy atom. The number of rotatable bonds is 44. The SMILES string of the molecule is COC(=O)CCOCCOCCOCCOCCOCCOCCOCCOCCNC(=O)c1cc(OCC(=O)NCCCO[C@@H]2O[C@H](CO)[C@@H](O[C@@H]3O[C@H](CO)[C@H](O)[C@H](O[C@H]4O[C@H](CO)[C@H](O)[C@H](O)[C@H]4O)[C@H]3O)[C@H](O)[C@H]2NC(C)=O)cc(C(C)(C)C)c1. The Kier molecular flexibility index (Phi) is 36.6. The largest absolute Gasteiger partial charge is 0.484 e. The average molecular weight is 1270 g/mol. The molecule has 0 unspecified atom stereocenters. The van der Waals surface area contributed by atoms with Gasteiger partial charge in [0.25, 0.3) is 11.8 Å². The molecule has 0 aliphatic carbocycles. The van der Waals surface area contributed by atoms with Crippen LogP contribution in [0.2, 0.25) is 0 Å². The predicted molar refractivity (Wildman–Crippen MR) is 300 cm³/mol. The van der Waals surface area contributed by atoms with Crippen LogP contribution in [-0.4, -0.2) is 321 Å². The van der Waals surface area contributed by atoms with Crippen LogP contribution in [0.5, 0.6) is 5.75 Å². The number of hydrogen-bond donors (Lipinski definition) is 12. The van der Waals surface area contributed by atoms with Gasteiger partial charge in [-0.1, -0.05) is 20.8 Å². The molecule has 1 aromatic carbocycles. The minimum Gasteiger partial charge on any atom is -0.484 e. The molecule has 0 spiro atoms. The number of methoxy groups -OCH3 is 1. The van der Waals surface area contributed by atoms with Crippen LogP contribution in [0.1, 0.15) is 56.5 Å². The molecule has 3 aliphatic rings. The van der Waals surface area contributed by atoms with Gasteiger partial charge in [0.2, 0.25) is 5.91 Å². The summed E-state index contributed by atoms with van der Waals surface area (Å²) in [5, 5.41) is 103. The molecular weight excluding hydrogens is 1180 g/mol. The summed E-state index contributed by atoms with van der Waals surface area (Å²) in [6.07, 6.45) is -23.5. The van der Waals surface area contributed by atoms with Crippen LogP contribution in [0.4, 0.5) is 0 Å². The molecule has 32 nitrogen and oxygen atoms in total. The topological polar surface area (TPSA) is 434 Å². The van der Waals surface area contributed by atoms with Gasteiger partial charge < -0.3 is 138 Å². The highest BCUT2D eigenvalue weighted by atomic mass is 16.8. The summed E-state index contributed by atoms with van der Waals surface area (Å²) in [5.74, 6) is -1.53. The molecule has 0 saturated carbocycles. The zero-order valence-electron chi connectivity index (χ0n) is 50.8. The number of esters is 1. The van der Waals surface area contributed by atoms with E-state index in [0.717, 1.165) is 12.5 Å². The van der Waals surface area contributed by atoms with Gasteiger partial charge in [-0.3, -0.25) is 19.2 Å². The first-order chi connectivity index (χ1) is 42.2. The molecule has 15 atom stereocenters. The average Bonchev–Trinajstić information content (AvgIpc) is 1.80. The third-order valence-electron chi connectivity index (χ3n) is 13.6. The summed E-state index contributed by atoms with van der Waals surface area (Å²) in [5.41, 5.74) is 0.713. The smallest absolute Gasteiger partial charge is 0.307 e. The first kappa shape index (κ1) is 76.4. The van der Waals surface area contributed by atoms with Gasteiger partial charge >= 0.3 is 5.97 Å². The molecule has 508 valence electrons. The number of amides is 3. The first-order valence-electron chi connectivity index (χ1n) is 29.3. The van der Waals surface area contributed by atoms with E-state index in [1.807, 2.05) is 20.8 Å². The van der Waals surface area contributed by atoms with E-state index in [-0.39, 0.29) is 62.2 Å². The van der Waals surface area contributed by atoms with E-state index in [4.69, 9.17) is 71.1 Å². The van der Waals surface area contributed by atoms with E-state index >= 15 is 0 Å². The zero-order chi connectivity index (χ0) is 64.4. The van der Waals surface area contributed by atoms with Gasteiger partial charge in [0, 0.05) is 25.6 Å². The van der Waals surface area contributed by atoms with E-state index < -0.39 is 130 Å². The highest BCUT2D eigenvalue weighted by molar-refractivity contribution is 5.95. The maximum atomic E-state index is 13.2. The predicted octanol–water partition coefficient (Wildman–Crippen LogP) is -5.10. The molecular formula is C56H95N3O29. The number of benzene rings is 1. The molecule has 0 aromatic heterocycles. The molecule has 3 fully saturated rings. The number of nitrogens with one attached hydrogen (secondary N) is 3. The third-order valence-corrected chi connectivity index (χ3v) is 13.6. The van der Waals surface area contributed by atoms with Crippen molar-refractivity contribution in [3.8, 4) is 5.75 Å². The molecule has 3 amide bonds. The van der Waals surface area contributed by atoms with E-state index in [0.29, 0.717) is 105 Å². The monoisotopic (exact) mass is 1270 g/mol. The quantitative estimate of drug-likeness (QED) is 0.0215. The van der Waals surface area contributed by atoms with Crippen LogP contribution >= 0.6 is 0 Å². The van der Waals surface area contributed by atoms with E-state index in [1.165, 1.54) is 13.2 Å². The van der Waals surface area contributed by atoms with Gasteiger partial charge in [-0.25, -0.2) is 0 Å².